The van der Waals surface area contributed by atoms with Crippen molar-refractivity contribution < 1.29 is 4.43 Å². The molecule has 0 atom stereocenters. The van der Waals surface area contributed by atoms with Crippen molar-refractivity contribution in [1.29, 1.82) is 0 Å². The van der Waals surface area contributed by atoms with Crippen LogP contribution in [0.2, 0.25) is 24.7 Å². The van der Waals surface area contributed by atoms with Gasteiger partial charge in [-0.2, -0.15) is 0 Å². The third kappa shape index (κ3) is 6.35. The van der Waals surface area contributed by atoms with Crippen molar-refractivity contribution in [2.75, 3.05) is 0 Å². The average Bonchev–Trinajstić information content (AvgIpc) is 2.62. The predicted octanol–water partition coefficient (Wildman–Crippen LogP) is 8.14. The van der Waals surface area contributed by atoms with Crippen LogP contribution in [0.15, 0.2) is 88.7 Å². The van der Waals surface area contributed by atoms with E-state index in [2.05, 4.69) is 74.2 Å². The Balaban J connectivity index is 1.99. The molecule has 0 aliphatic rings. The SMILES string of the molecule is C[Si](C)(C)Oc1cc(Cl)ccc1C(Sc1ccccc1)Sc1ccccc1. The zero-order valence-electron chi connectivity index (χ0n) is 15.7. The molecule has 0 bridgehead atoms. The van der Waals surface area contributed by atoms with E-state index in [1.54, 1.807) is 0 Å². The van der Waals surface area contributed by atoms with Gasteiger partial charge in [0.1, 0.15) is 5.75 Å². The number of hydrogen-bond acceptors (Lipinski definition) is 3. The van der Waals surface area contributed by atoms with Crippen LogP contribution in [0.4, 0.5) is 0 Å². The third-order valence-corrected chi connectivity index (χ3v) is 7.29. The summed E-state index contributed by atoms with van der Waals surface area (Å²) in [6.07, 6.45) is 0. The van der Waals surface area contributed by atoms with Gasteiger partial charge in [0, 0.05) is 20.4 Å². The van der Waals surface area contributed by atoms with Crippen LogP contribution in [-0.4, -0.2) is 8.32 Å². The van der Waals surface area contributed by atoms with Crippen LogP contribution in [0.1, 0.15) is 10.1 Å². The monoisotopic (exact) mass is 430 g/mol. The van der Waals surface area contributed by atoms with Crippen molar-refractivity contribution in [1.82, 2.24) is 0 Å². The lowest BCUT2D eigenvalue weighted by Gasteiger charge is -2.25. The first-order valence-corrected chi connectivity index (χ1v) is 14.4. The lowest BCUT2D eigenvalue weighted by molar-refractivity contribution is 0.552. The van der Waals surface area contributed by atoms with Gasteiger partial charge in [-0.05, 0) is 56.0 Å². The van der Waals surface area contributed by atoms with Gasteiger partial charge in [-0.1, -0.05) is 54.1 Å². The maximum absolute atomic E-state index is 6.40. The Bertz CT molecular complexity index is 825. The summed E-state index contributed by atoms with van der Waals surface area (Å²) in [6, 6.07) is 27.0. The summed E-state index contributed by atoms with van der Waals surface area (Å²) in [5.74, 6) is 0.901. The Morgan fingerprint density at radius 2 is 1.30 bits per heavy atom. The molecule has 0 saturated heterocycles. The largest absolute Gasteiger partial charge is 0.544 e. The molecule has 0 aliphatic heterocycles. The minimum atomic E-state index is -1.76. The molecule has 5 heteroatoms. The second-order valence-electron chi connectivity index (χ2n) is 7.09. The van der Waals surface area contributed by atoms with E-state index in [9.17, 15) is 0 Å². The highest BCUT2D eigenvalue weighted by Gasteiger charge is 2.24. The molecule has 0 unspecified atom stereocenters. The van der Waals surface area contributed by atoms with Crippen LogP contribution in [0.25, 0.3) is 0 Å². The highest BCUT2D eigenvalue weighted by atomic mass is 35.5. The van der Waals surface area contributed by atoms with Crippen LogP contribution in [0.3, 0.4) is 0 Å². The molecule has 3 aromatic rings. The normalized spacial score (nSPS) is 11.6. The van der Waals surface area contributed by atoms with E-state index in [1.807, 2.05) is 47.8 Å². The minimum absolute atomic E-state index is 0.165. The molecule has 0 radical (unpaired) electrons. The number of rotatable bonds is 7. The summed E-state index contributed by atoms with van der Waals surface area (Å²) in [5, 5.41) is 0.708. The van der Waals surface area contributed by atoms with Crippen LogP contribution in [0, 0.1) is 0 Å². The van der Waals surface area contributed by atoms with Gasteiger partial charge in [0.05, 0.1) is 4.58 Å². The van der Waals surface area contributed by atoms with Crippen LogP contribution in [0.5, 0.6) is 5.75 Å². The average molecular weight is 431 g/mol. The number of hydrogen-bond donors (Lipinski definition) is 0. The molecule has 0 fully saturated rings. The highest BCUT2D eigenvalue weighted by Crippen LogP contribution is 2.50. The standard InChI is InChI=1S/C22H23ClOS2Si/c1-27(2,3)24-21-16-17(23)14-15-20(21)22(25-18-10-6-4-7-11-18)26-19-12-8-5-9-13-19/h4-16,22H,1-3H3. The first-order valence-electron chi connectivity index (χ1n) is 8.82. The quantitative estimate of drug-likeness (QED) is 0.212. The molecule has 140 valence electrons. The summed E-state index contributed by atoms with van der Waals surface area (Å²) < 4.78 is 6.56. The molecular formula is C22H23ClOS2Si. The van der Waals surface area contributed by atoms with E-state index in [1.165, 1.54) is 15.4 Å². The van der Waals surface area contributed by atoms with Gasteiger partial charge in [-0.25, -0.2) is 0 Å². The van der Waals surface area contributed by atoms with Crippen molar-refractivity contribution in [2.24, 2.45) is 0 Å². The van der Waals surface area contributed by atoms with Crippen molar-refractivity contribution in [3.8, 4) is 5.75 Å². The van der Waals surface area contributed by atoms with E-state index < -0.39 is 8.32 Å². The molecule has 0 amide bonds. The van der Waals surface area contributed by atoms with E-state index >= 15 is 0 Å². The maximum atomic E-state index is 6.40. The molecule has 0 aliphatic carbocycles. The molecule has 0 aromatic heterocycles. The second kappa shape index (κ2) is 9.24. The van der Waals surface area contributed by atoms with Gasteiger partial charge < -0.3 is 4.43 Å². The van der Waals surface area contributed by atoms with Crippen LogP contribution >= 0.6 is 35.1 Å². The van der Waals surface area contributed by atoms with Crippen molar-refractivity contribution in [3.63, 3.8) is 0 Å². The summed E-state index contributed by atoms with van der Waals surface area (Å²) in [7, 11) is -1.76. The molecule has 3 aromatic carbocycles. The highest BCUT2D eigenvalue weighted by molar-refractivity contribution is 8.16. The molecule has 0 N–H and O–H groups in total. The molecule has 3 rings (SSSR count). The topological polar surface area (TPSA) is 9.23 Å². The molecular weight excluding hydrogens is 408 g/mol. The summed E-state index contributed by atoms with van der Waals surface area (Å²) in [4.78, 5) is 2.47. The smallest absolute Gasteiger partial charge is 0.242 e. The Morgan fingerprint density at radius 1 is 0.778 bits per heavy atom. The number of halogens is 1. The fourth-order valence-electron chi connectivity index (χ4n) is 2.52. The zero-order chi connectivity index (χ0) is 19.3. The first-order chi connectivity index (χ1) is 12.9. The van der Waals surface area contributed by atoms with Crippen molar-refractivity contribution >= 4 is 43.4 Å². The van der Waals surface area contributed by atoms with Gasteiger partial charge in [-0.15, -0.1) is 23.5 Å². The van der Waals surface area contributed by atoms with Gasteiger partial charge in [0.2, 0.25) is 8.32 Å². The van der Waals surface area contributed by atoms with Crippen LogP contribution in [-0.2, 0) is 0 Å². The lowest BCUT2D eigenvalue weighted by atomic mass is 10.2. The first kappa shape index (κ1) is 20.4. The molecule has 1 nitrogen and oxygen atoms in total. The second-order valence-corrected chi connectivity index (χ2v) is 14.6. The Kier molecular flexibility index (Phi) is 6.98. The van der Waals surface area contributed by atoms with Gasteiger partial charge >= 0.3 is 0 Å². The van der Waals surface area contributed by atoms with Gasteiger partial charge in [-0.3, -0.25) is 0 Å². The van der Waals surface area contributed by atoms with E-state index in [0.29, 0.717) is 5.02 Å². The van der Waals surface area contributed by atoms with E-state index in [0.717, 1.165) is 5.75 Å². The third-order valence-electron chi connectivity index (χ3n) is 3.62. The van der Waals surface area contributed by atoms with Gasteiger partial charge in [0.25, 0.3) is 0 Å². The fraction of sp³-hybridized carbons (Fsp3) is 0.182. The van der Waals surface area contributed by atoms with E-state index in [-0.39, 0.29) is 4.58 Å². The Labute approximate surface area is 176 Å². The summed E-state index contributed by atoms with van der Waals surface area (Å²) in [5.41, 5.74) is 1.17. The maximum Gasteiger partial charge on any atom is 0.242 e. The molecule has 0 saturated carbocycles. The summed E-state index contributed by atoms with van der Waals surface area (Å²) >= 11 is 9.97. The van der Waals surface area contributed by atoms with Crippen LogP contribution < -0.4 is 4.43 Å². The molecule has 27 heavy (non-hydrogen) atoms. The molecule has 0 heterocycles. The minimum Gasteiger partial charge on any atom is -0.544 e. The van der Waals surface area contributed by atoms with Crippen molar-refractivity contribution in [2.45, 2.75) is 34.0 Å². The predicted molar refractivity (Wildman–Crippen MR) is 123 cm³/mol. The molecule has 0 spiro atoms. The number of benzene rings is 3. The lowest BCUT2D eigenvalue weighted by Crippen LogP contribution is -2.29. The summed E-state index contributed by atoms with van der Waals surface area (Å²) in [6.45, 7) is 6.59. The van der Waals surface area contributed by atoms with Gasteiger partial charge in [0.15, 0.2) is 0 Å². The zero-order valence-corrected chi connectivity index (χ0v) is 19.1. The number of thioether (sulfide) groups is 2. The fourth-order valence-corrected chi connectivity index (χ4v) is 6.14. The van der Waals surface area contributed by atoms with Crippen molar-refractivity contribution in [3.05, 3.63) is 89.4 Å². The Hall–Kier alpha value is -1.33. The Morgan fingerprint density at radius 3 is 1.78 bits per heavy atom. The van der Waals surface area contributed by atoms with E-state index in [4.69, 9.17) is 16.0 Å².